The van der Waals surface area contributed by atoms with Crippen LogP contribution < -0.4 is 0 Å². The number of carbonyl (C=O) groups is 1. The Labute approximate surface area is 155 Å². The van der Waals surface area contributed by atoms with E-state index in [0.29, 0.717) is 5.69 Å². The van der Waals surface area contributed by atoms with Crippen LogP contribution >= 0.6 is 0 Å². The molecule has 1 aromatic carbocycles. The van der Waals surface area contributed by atoms with Gasteiger partial charge in [0, 0.05) is 38.9 Å². The van der Waals surface area contributed by atoms with Gasteiger partial charge in [0.05, 0.1) is 6.04 Å². The van der Waals surface area contributed by atoms with Crippen molar-refractivity contribution in [2.75, 3.05) is 19.6 Å². The van der Waals surface area contributed by atoms with Gasteiger partial charge in [0.15, 0.2) is 0 Å². The van der Waals surface area contributed by atoms with Crippen LogP contribution in [-0.2, 0) is 13.1 Å². The molecule has 0 spiro atoms. The van der Waals surface area contributed by atoms with Crippen molar-refractivity contribution >= 4 is 5.91 Å². The number of hydrogen-bond acceptors (Lipinski definition) is 3. The molecule has 0 saturated carbocycles. The van der Waals surface area contributed by atoms with Gasteiger partial charge in [-0.15, -0.1) is 0 Å². The van der Waals surface area contributed by atoms with Gasteiger partial charge in [-0.1, -0.05) is 29.8 Å². The Bertz CT molecular complexity index is 774. The summed E-state index contributed by atoms with van der Waals surface area (Å²) in [5.74, 6) is 1.12. The number of rotatable bonds is 3. The third-order valence-electron chi connectivity index (χ3n) is 5.73. The van der Waals surface area contributed by atoms with E-state index in [9.17, 15) is 4.79 Å². The highest BCUT2D eigenvalue weighted by Crippen LogP contribution is 2.27. The molecule has 1 fully saturated rings. The molecule has 5 nitrogen and oxygen atoms in total. The Balaban J connectivity index is 1.49. The van der Waals surface area contributed by atoms with Crippen molar-refractivity contribution in [3.63, 3.8) is 0 Å². The Morgan fingerprint density at radius 1 is 1.08 bits per heavy atom. The predicted molar refractivity (Wildman–Crippen MR) is 102 cm³/mol. The van der Waals surface area contributed by atoms with E-state index in [1.54, 1.807) is 0 Å². The predicted octanol–water partition coefficient (Wildman–Crippen LogP) is 3.39. The van der Waals surface area contributed by atoms with Crippen molar-refractivity contribution in [2.45, 2.75) is 52.2 Å². The lowest BCUT2D eigenvalue weighted by atomic mass is 10.1. The van der Waals surface area contributed by atoms with E-state index in [2.05, 4.69) is 47.6 Å². The lowest BCUT2D eigenvalue weighted by Gasteiger charge is -2.33. The van der Waals surface area contributed by atoms with E-state index in [-0.39, 0.29) is 11.9 Å². The standard InChI is InChI=1S/C21H28N4O/c1-16-6-8-18(9-7-16)14-24-12-13-25-15-19(22-20(25)17(24)2)21(26)23-10-4-3-5-11-23/h6-9,15,17H,3-5,10-14H2,1-2H3. The molecule has 1 unspecified atom stereocenters. The second-order valence-electron chi connectivity index (χ2n) is 7.66. The fourth-order valence-corrected chi connectivity index (χ4v) is 4.04. The van der Waals surface area contributed by atoms with E-state index < -0.39 is 0 Å². The third-order valence-corrected chi connectivity index (χ3v) is 5.73. The maximum absolute atomic E-state index is 12.8. The van der Waals surface area contributed by atoms with Crippen LogP contribution in [0.3, 0.4) is 0 Å². The van der Waals surface area contributed by atoms with Crippen molar-refractivity contribution in [1.82, 2.24) is 19.4 Å². The summed E-state index contributed by atoms with van der Waals surface area (Å²) in [6.45, 7) is 8.85. The summed E-state index contributed by atoms with van der Waals surface area (Å²) < 4.78 is 2.17. The Morgan fingerprint density at radius 2 is 1.81 bits per heavy atom. The summed E-state index contributed by atoms with van der Waals surface area (Å²) in [6, 6.07) is 8.96. The van der Waals surface area contributed by atoms with Crippen molar-refractivity contribution in [1.29, 1.82) is 0 Å². The number of aryl methyl sites for hydroxylation is 1. The summed E-state index contributed by atoms with van der Waals surface area (Å²) in [4.78, 5) is 21.9. The van der Waals surface area contributed by atoms with Crippen LogP contribution in [0.2, 0.25) is 0 Å². The van der Waals surface area contributed by atoms with Gasteiger partial charge in [-0.3, -0.25) is 9.69 Å². The zero-order valence-corrected chi connectivity index (χ0v) is 15.8. The van der Waals surface area contributed by atoms with Crippen molar-refractivity contribution in [2.24, 2.45) is 0 Å². The number of piperidine rings is 1. The highest BCUT2D eigenvalue weighted by Gasteiger charge is 2.29. The smallest absolute Gasteiger partial charge is 0.274 e. The topological polar surface area (TPSA) is 41.4 Å². The molecule has 1 amide bonds. The van der Waals surface area contributed by atoms with Crippen LogP contribution in [0.15, 0.2) is 30.5 Å². The molecule has 3 heterocycles. The maximum Gasteiger partial charge on any atom is 0.274 e. The average Bonchev–Trinajstić information content (AvgIpc) is 3.11. The molecule has 0 N–H and O–H groups in total. The molecule has 2 aliphatic rings. The minimum atomic E-state index is 0.101. The average molecular weight is 352 g/mol. The Kier molecular flexibility index (Phi) is 4.81. The van der Waals surface area contributed by atoms with Gasteiger partial charge in [0.2, 0.25) is 0 Å². The van der Waals surface area contributed by atoms with Crippen LogP contribution in [0.5, 0.6) is 0 Å². The van der Waals surface area contributed by atoms with Crippen molar-refractivity contribution in [3.8, 4) is 0 Å². The summed E-state index contributed by atoms with van der Waals surface area (Å²) in [6.07, 6.45) is 5.42. The number of amides is 1. The molecule has 1 aromatic heterocycles. The number of hydrogen-bond donors (Lipinski definition) is 0. The molecule has 4 rings (SSSR count). The Morgan fingerprint density at radius 3 is 2.54 bits per heavy atom. The highest BCUT2D eigenvalue weighted by atomic mass is 16.2. The van der Waals surface area contributed by atoms with Gasteiger partial charge in [-0.05, 0) is 38.7 Å². The van der Waals surface area contributed by atoms with Crippen LogP contribution in [0, 0.1) is 6.92 Å². The zero-order valence-electron chi connectivity index (χ0n) is 15.8. The molecule has 1 atom stereocenters. The highest BCUT2D eigenvalue weighted by molar-refractivity contribution is 5.92. The van der Waals surface area contributed by atoms with Gasteiger partial charge in [-0.2, -0.15) is 0 Å². The second-order valence-corrected chi connectivity index (χ2v) is 7.66. The van der Waals surface area contributed by atoms with Crippen molar-refractivity contribution < 1.29 is 4.79 Å². The number of nitrogens with zero attached hydrogens (tertiary/aromatic N) is 4. The quantitative estimate of drug-likeness (QED) is 0.850. The fourth-order valence-electron chi connectivity index (χ4n) is 4.04. The van der Waals surface area contributed by atoms with Gasteiger partial charge >= 0.3 is 0 Å². The monoisotopic (exact) mass is 352 g/mol. The molecule has 0 bridgehead atoms. The first-order chi connectivity index (χ1) is 12.6. The van der Waals surface area contributed by atoms with E-state index in [1.165, 1.54) is 17.5 Å². The van der Waals surface area contributed by atoms with Crippen LogP contribution in [0.1, 0.15) is 59.7 Å². The zero-order chi connectivity index (χ0) is 18.1. The SMILES string of the molecule is Cc1ccc(CN2CCn3cc(C(=O)N4CCCCC4)nc3C2C)cc1. The molecule has 2 aromatic rings. The summed E-state index contributed by atoms with van der Waals surface area (Å²) in [5.41, 5.74) is 3.23. The molecule has 0 radical (unpaired) electrons. The summed E-state index contributed by atoms with van der Waals surface area (Å²) in [5, 5.41) is 0. The molecular formula is C21H28N4O. The number of aromatic nitrogens is 2. The normalized spacial score (nSPS) is 20.8. The molecule has 1 saturated heterocycles. The molecule has 138 valence electrons. The lowest BCUT2D eigenvalue weighted by molar-refractivity contribution is 0.0718. The second kappa shape index (κ2) is 7.23. The van der Waals surface area contributed by atoms with Gasteiger partial charge in [0.1, 0.15) is 11.5 Å². The molecule has 26 heavy (non-hydrogen) atoms. The van der Waals surface area contributed by atoms with Crippen molar-refractivity contribution in [3.05, 3.63) is 53.1 Å². The molecule has 5 heteroatoms. The van der Waals surface area contributed by atoms with E-state index in [4.69, 9.17) is 4.98 Å². The fraction of sp³-hybridized carbons (Fsp3) is 0.524. The van der Waals surface area contributed by atoms with E-state index in [0.717, 1.165) is 51.4 Å². The maximum atomic E-state index is 12.8. The number of likely N-dealkylation sites (tertiary alicyclic amines) is 1. The third kappa shape index (κ3) is 3.40. The first kappa shape index (κ1) is 17.3. The minimum Gasteiger partial charge on any atom is -0.337 e. The van der Waals surface area contributed by atoms with Gasteiger partial charge in [0.25, 0.3) is 5.91 Å². The Hall–Kier alpha value is -2.14. The van der Waals surface area contributed by atoms with Crippen LogP contribution in [-0.4, -0.2) is 44.9 Å². The van der Waals surface area contributed by atoms with Crippen LogP contribution in [0.4, 0.5) is 0 Å². The number of benzene rings is 1. The number of fused-ring (bicyclic) bond motifs is 1. The summed E-state index contributed by atoms with van der Waals surface area (Å²) in [7, 11) is 0. The number of imidazole rings is 1. The van der Waals surface area contributed by atoms with Crippen LogP contribution in [0.25, 0.3) is 0 Å². The molecular weight excluding hydrogens is 324 g/mol. The first-order valence-electron chi connectivity index (χ1n) is 9.78. The molecule has 2 aliphatic heterocycles. The molecule has 0 aliphatic carbocycles. The number of carbonyl (C=O) groups excluding carboxylic acids is 1. The van der Waals surface area contributed by atoms with Gasteiger partial charge < -0.3 is 9.47 Å². The minimum absolute atomic E-state index is 0.101. The van der Waals surface area contributed by atoms with E-state index in [1.807, 2.05) is 11.1 Å². The lowest BCUT2D eigenvalue weighted by Crippen LogP contribution is -2.36. The first-order valence-corrected chi connectivity index (χ1v) is 9.78. The van der Waals surface area contributed by atoms with Gasteiger partial charge in [-0.25, -0.2) is 4.98 Å². The largest absolute Gasteiger partial charge is 0.337 e. The summed E-state index contributed by atoms with van der Waals surface area (Å²) >= 11 is 0. The van der Waals surface area contributed by atoms with E-state index >= 15 is 0 Å².